The number of ether oxygens (including phenoxy) is 3. The van der Waals surface area contributed by atoms with Crippen molar-refractivity contribution in [3.8, 4) is 0 Å². The van der Waals surface area contributed by atoms with Crippen LogP contribution in [0.2, 0.25) is 12.1 Å². The summed E-state index contributed by atoms with van der Waals surface area (Å²) in [7, 11) is -1.54. The van der Waals surface area contributed by atoms with Crippen molar-refractivity contribution in [1.29, 1.82) is 0 Å². The van der Waals surface area contributed by atoms with Crippen molar-refractivity contribution in [3.63, 3.8) is 0 Å². The van der Waals surface area contributed by atoms with E-state index < -0.39 is 14.5 Å². The van der Waals surface area contributed by atoms with Crippen molar-refractivity contribution >= 4 is 15.0 Å². The highest BCUT2D eigenvalue weighted by atomic mass is 28.3. The minimum Gasteiger partial charge on any atom is -0.460 e. The maximum atomic E-state index is 13.2. The highest BCUT2D eigenvalue weighted by Crippen LogP contribution is 2.36. The second kappa shape index (κ2) is 18.1. The van der Waals surface area contributed by atoms with Gasteiger partial charge in [0.25, 0.3) is 0 Å². The fraction of sp³-hybridized carbons (Fsp3) is 0.486. The van der Waals surface area contributed by atoms with Crippen molar-refractivity contribution in [3.05, 3.63) is 110 Å². The van der Waals surface area contributed by atoms with E-state index in [0.29, 0.717) is 6.61 Å². The first-order chi connectivity index (χ1) is 20.8. The molecule has 1 saturated heterocycles. The highest BCUT2D eigenvalue weighted by Gasteiger charge is 2.42. The van der Waals surface area contributed by atoms with Crippen molar-refractivity contribution in [1.82, 2.24) is 0 Å². The second-order valence-electron chi connectivity index (χ2n) is 12.3. The Hall–Kier alpha value is -2.77. The summed E-state index contributed by atoms with van der Waals surface area (Å²) < 4.78 is 25.8. The van der Waals surface area contributed by atoms with E-state index in [1.807, 2.05) is 80.6 Å². The summed E-state index contributed by atoms with van der Waals surface area (Å²) in [6, 6.07) is 21.8. The van der Waals surface area contributed by atoms with Crippen molar-refractivity contribution in [2.24, 2.45) is 11.3 Å². The molecule has 0 radical (unpaired) electrons. The lowest BCUT2D eigenvalue weighted by Gasteiger charge is -2.40. The topological polar surface area (TPSA) is 54.0 Å². The molecule has 6 heteroatoms. The summed E-state index contributed by atoms with van der Waals surface area (Å²) in [5, 5.41) is 0. The number of hydrogen-bond donors (Lipinski definition) is 0. The fourth-order valence-electron chi connectivity index (χ4n) is 5.59. The van der Waals surface area contributed by atoms with Gasteiger partial charge in [-0.2, -0.15) is 0 Å². The van der Waals surface area contributed by atoms with Crippen molar-refractivity contribution < 1.29 is 23.4 Å². The number of rotatable bonds is 19. The maximum Gasteiger partial charge on any atom is 0.314 e. The van der Waals surface area contributed by atoms with E-state index in [1.165, 1.54) is 0 Å². The van der Waals surface area contributed by atoms with Crippen LogP contribution >= 0.6 is 0 Å². The molecule has 0 N–H and O–H groups in total. The van der Waals surface area contributed by atoms with Gasteiger partial charge >= 0.3 is 5.97 Å². The third-order valence-corrected chi connectivity index (χ3v) is 10.9. The normalized spacial score (nSPS) is 19.3. The molecule has 0 aromatic heterocycles. The van der Waals surface area contributed by atoms with E-state index in [1.54, 1.807) is 0 Å². The van der Waals surface area contributed by atoms with Crippen LogP contribution in [0.25, 0.3) is 0 Å². The molecule has 43 heavy (non-hydrogen) atoms. The first kappa shape index (κ1) is 34.7. The van der Waals surface area contributed by atoms with Crippen LogP contribution in [0.3, 0.4) is 0 Å². The average Bonchev–Trinajstić information content (AvgIpc) is 3.03. The third-order valence-electron chi connectivity index (χ3n) is 8.43. The molecule has 1 aliphatic rings. The summed E-state index contributed by atoms with van der Waals surface area (Å²) in [6.45, 7) is 18.8. The summed E-state index contributed by atoms with van der Waals surface area (Å²) in [5.41, 5.74) is 1.35. The Bertz CT molecular complexity index is 1110. The monoisotopic (exact) mass is 604 g/mol. The molecule has 2 aromatic carbocycles. The van der Waals surface area contributed by atoms with Crippen LogP contribution in [-0.4, -0.2) is 39.4 Å². The Kier molecular flexibility index (Phi) is 14.6. The molecule has 5 atom stereocenters. The zero-order valence-corrected chi connectivity index (χ0v) is 27.7. The van der Waals surface area contributed by atoms with Crippen LogP contribution in [0, 0.1) is 11.3 Å². The predicted molar refractivity (Wildman–Crippen MR) is 178 cm³/mol. The van der Waals surface area contributed by atoms with Crippen LogP contribution in [-0.2, 0) is 36.6 Å². The first-order valence-corrected chi connectivity index (χ1v) is 17.9. The molecule has 0 aliphatic carbocycles. The Labute approximate surface area is 261 Å². The van der Waals surface area contributed by atoms with Crippen LogP contribution in [0.15, 0.2) is 98.6 Å². The minimum atomic E-state index is -1.54. The van der Waals surface area contributed by atoms with Gasteiger partial charge < -0.3 is 18.6 Å². The maximum absolute atomic E-state index is 13.2. The quantitative estimate of drug-likeness (QED) is 0.0916. The Morgan fingerprint density at radius 3 is 2.16 bits per heavy atom. The van der Waals surface area contributed by atoms with E-state index in [9.17, 15) is 4.79 Å². The first-order valence-electron chi connectivity index (χ1n) is 15.8. The molecular formula is C37H52O5Si. The van der Waals surface area contributed by atoms with Crippen LogP contribution in [0.4, 0.5) is 0 Å². The van der Waals surface area contributed by atoms with Gasteiger partial charge in [0.1, 0.15) is 6.61 Å². The van der Waals surface area contributed by atoms with Crippen LogP contribution in [0.1, 0.15) is 64.0 Å². The van der Waals surface area contributed by atoms with E-state index in [0.717, 1.165) is 55.3 Å². The van der Waals surface area contributed by atoms with E-state index in [4.69, 9.17) is 18.6 Å². The Balaban J connectivity index is 1.71. The fourth-order valence-corrected chi connectivity index (χ4v) is 7.60. The van der Waals surface area contributed by atoms with Gasteiger partial charge in [0.2, 0.25) is 0 Å². The molecule has 2 aromatic rings. The second-order valence-corrected chi connectivity index (χ2v) is 14.8. The van der Waals surface area contributed by atoms with Gasteiger partial charge in [0, 0.05) is 0 Å². The number of hydrogen-bond acceptors (Lipinski definition) is 5. The minimum absolute atomic E-state index is 0.0152. The van der Waals surface area contributed by atoms with Gasteiger partial charge in [-0.25, -0.2) is 0 Å². The molecule has 0 amide bonds. The average molecular weight is 605 g/mol. The lowest BCUT2D eigenvalue weighted by atomic mass is 9.81. The van der Waals surface area contributed by atoms with Gasteiger partial charge in [-0.3, -0.25) is 4.79 Å². The molecule has 1 fully saturated rings. The van der Waals surface area contributed by atoms with Crippen molar-refractivity contribution in [2.45, 2.75) is 103 Å². The number of esters is 1. The molecule has 1 heterocycles. The van der Waals surface area contributed by atoms with Gasteiger partial charge in [0.05, 0.1) is 36.4 Å². The van der Waals surface area contributed by atoms with Gasteiger partial charge in [-0.15, -0.1) is 19.7 Å². The zero-order valence-electron chi connectivity index (χ0n) is 26.5. The molecule has 3 rings (SSSR count). The molecule has 234 valence electrons. The zero-order chi connectivity index (χ0) is 31.1. The molecular weight excluding hydrogens is 552 g/mol. The van der Waals surface area contributed by atoms with E-state index in [2.05, 4.69) is 38.8 Å². The van der Waals surface area contributed by atoms with E-state index >= 15 is 0 Å². The standard InChI is InChI=1S/C37H52O5Si/c1-7-23-43(24-8-2)42-34(29(4)9-3)26-33(39-27-30-17-12-10-13-18-30)25-32-21-16-22-35(41-32)37(5,6)36(38)40-28-31-19-14-11-15-20-31/h7-15,17-20,29,32-35,43H,1-3,16,21-28H2,4-6H3/t29-,32-,33-,34+,35+/m0/s1. The molecule has 0 spiro atoms. The molecule has 0 bridgehead atoms. The number of benzene rings is 2. The SMILES string of the molecule is C=CC[SiH](CC=C)O[C@H](C[C@H](C[C@@H]1CCC[C@H](C(C)(C)C(=O)OCc2ccccc2)O1)OCc1ccccc1)[C@@H](C)C=C. The molecule has 5 nitrogen and oxygen atoms in total. The lowest BCUT2D eigenvalue weighted by Crippen LogP contribution is -2.45. The lowest BCUT2D eigenvalue weighted by molar-refractivity contribution is -0.175. The summed E-state index contributed by atoms with van der Waals surface area (Å²) in [5.74, 6) is -0.0570. The summed E-state index contributed by atoms with van der Waals surface area (Å²) in [6.07, 6.45) is 9.79. The third kappa shape index (κ3) is 11.3. The predicted octanol–water partition coefficient (Wildman–Crippen LogP) is 8.36. The molecule has 1 aliphatic heterocycles. The Morgan fingerprint density at radius 2 is 1.58 bits per heavy atom. The van der Waals surface area contributed by atoms with Crippen molar-refractivity contribution in [2.75, 3.05) is 0 Å². The summed E-state index contributed by atoms with van der Waals surface area (Å²) in [4.78, 5) is 13.2. The molecule has 0 saturated carbocycles. The number of allylic oxidation sites excluding steroid dienone is 2. The molecule has 0 unspecified atom stereocenters. The number of carbonyl (C=O) groups is 1. The Morgan fingerprint density at radius 1 is 0.977 bits per heavy atom. The highest BCUT2D eigenvalue weighted by molar-refractivity contribution is 6.53. The largest absolute Gasteiger partial charge is 0.460 e. The smallest absolute Gasteiger partial charge is 0.314 e. The van der Waals surface area contributed by atoms with Gasteiger partial charge in [-0.05, 0) is 75.1 Å². The van der Waals surface area contributed by atoms with Crippen LogP contribution < -0.4 is 0 Å². The summed E-state index contributed by atoms with van der Waals surface area (Å²) >= 11 is 0. The van der Waals surface area contributed by atoms with Crippen LogP contribution in [0.5, 0.6) is 0 Å². The van der Waals surface area contributed by atoms with E-state index in [-0.39, 0.29) is 42.9 Å². The van der Waals surface area contributed by atoms with Gasteiger partial charge in [0.15, 0.2) is 9.04 Å². The number of carbonyl (C=O) groups excluding carboxylic acids is 1. The van der Waals surface area contributed by atoms with Gasteiger partial charge in [-0.1, -0.05) is 85.8 Å².